The molecular formula is C22H18Cl2N2. The van der Waals surface area contributed by atoms with E-state index in [1.807, 2.05) is 24.3 Å². The van der Waals surface area contributed by atoms with Gasteiger partial charge in [0.25, 0.3) is 0 Å². The standard InChI is InChI=1S/C22H18Cl2N2/c23-19-1-5-21(6-2-19)25-11-15-9-17-13-26(14-18(17)10-16(15)12-25)22-7-3-20(24)4-8-22/h1-10H,11-14H2. The van der Waals surface area contributed by atoms with Gasteiger partial charge in [-0.15, -0.1) is 0 Å². The van der Waals surface area contributed by atoms with E-state index in [-0.39, 0.29) is 0 Å². The van der Waals surface area contributed by atoms with E-state index in [1.54, 1.807) is 0 Å². The van der Waals surface area contributed by atoms with Gasteiger partial charge in [-0.1, -0.05) is 35.3 Å². The van der Waals surface area contributed by atoms with Crippen molar-refractivity contribution in [2.45, 2.75) is 26.2 Å². The Labute approximate surface area is 163 Å². The summed E-state index contributed by atoms with van der Waals surface area (Å²) >= 11 is 12.0. The van der Waals surface area contributed by atoms with Gasteiger partial charge in [0.1, 0.15) is 0 Å². The molecule has 0 aromatic heterocycles. The minimum Gasteiger partial charge on any atom is -0.363 e. The molecule has 0 N–H and O–H groups in total. The zero-order valence-electron chi connectivity index (χ0n) is 14.3. The highest BCUT2D eigenvalue weighted by Gasteiger charge is 2.25. The van der Waals surface area contributed by atoms with Gasteiger partial charge < -0.3 is 9.80 Å². The highest BCUT2D eigenvalue weighted by atomic mass is 35.5. The molecular weight excluding hydrogens is 363 g/mol. The summed E-state index contributed by atoms with van der Waals surface area (Å²) in [5.41, 5.74) is 8.23. The van der Waals surface area contributed by atoms with Crippen LogP contribution in [0.25, 0.3) is 0 Å². The van der Waals surface area contributed by atoms with Crippen molar-refractivity contribution in [2.24, 2.45) is 0 Å². The maximum Gasteiger partial charge on any atom is 0.0436 e. The lowest BCUT2D eigenvalue weighted by Crippen LogP contribution is -2.15. The summed E-state index contributed by atoms with van der Waals surface area (Å²) < 4.78 is 0. The second kappa shape index (κ2) is 6.22. The van der Waals surface area contributed by atoms with E-state index in [9.17, 15) is 0 Å². The van der Waals surface area contributed by atoms with E-state index in [0.29, 0.717) is 0 Å². The average Bonchev–Trinajstić information content (AvgIpc) is 3.23. The fourth-order valence-electron chi connectivity index (χ4n) is 3.98. The van der Waals surface area contributed by atoms with Crippen LogP contribution >= 0.6 is 23.2 Å². The molecule has 0 saturated carbocycles. The van der Waals surface area contributed by atoms with Crippen molar-refractivity contribution in [3.05, 3.63) is 93.0 Å². The Morgan fingerprint density at radius 1 is 0.500 bits per heavy atom. The maximum absolute atomic E-state index is 6.02. The average molecular weight is 381 g/mol. The Kier molecular flexibility index (Phi) is 3.84. The first-order valence-electron chi connectivity index (χ1n) is 8.80. The third kappa shape index (κ3) is 2.84. The van der Waals surface area contributed by atoms with Crippen molar-refractivity contribution >= 4 is 34.6 Å². The topological polar surface area (TPSA) is 6.48 Å². The molecule has 130 valence electrons. The predicted molar refractivity (Wildman–Crippen MR) is 109 cm³/mol. The van der Waals surface area contributed by atoms with Crippen molar-refractivity contribution in [1.82, 2.24) is 0 Å². The van der Waals surface area contributed by atoms with Crippen LogP contribution in [0.1, 0.15) is 22.3 Å². The lowest BCUT2D eigenvalue weighted by atomic mass is 10.0. The summed E-state index contributed by atoms with van der Waals surface area (Å²) in [6.45, 7) is 3.85. The van der Waals surface area contributed by atoms with E-state index in [0.717, 1.165) is 36.2 Å². The molecule has 2 aliphatic heterocycles. The van der Waals surface area contributed by atoms with Crippen molar-refractivity contribution in [3.63, 3.8) is 0 Å². The van der Waals surface area contributed by atoms with E-state index >= 15 is 0 Å². The van der Waals surface area contributed by atoms with Gasteiger partial charge in [0.15, 0.2) is 0 Å². The first-order chi connectivity index (χ1) is 12.7. The number of halogens is 2. The van der Waals surface area contributed by atoms with Gasteiger partial charge >= 0.3 is 0 Å². The number of fused-ring (bicyclic) bond motifs is 2. The van der Waals surface area contributed by atoms with Crippen LogP contribution in [0.3, 0.4) is 0 Å². The monoisotopic (exact) mass is 380 g/mol. The van der Waals surface area contributed by atoms with Gasteiger partial charge in [-0.3, -0.25) is 0 Å². The smallest absolute Gasteiger partial charge is 0.0436 e. The van der Waals surface area contributed by atoms with Crippen LogP contribution < -0.4 is 9.80 Å². The predicted octanol–water partition coefficient (Wildman–Crippen LogP) is 6.03. The Bertz CT molecular complexity index is 853. The third-order valence-electron chi connectivity index (χ3n) is 5.35. The zero-order valence-corrected chi connectivity index (χ0v) is 15.8. The highest BCUT2D eigenvalue weighted by Crippen LogP contribution is 2.35. The number of hydrogen-bond acceptors (Lipinski definition) is 2. The summed E-state index contributed by atoms with van der Waals surface area (Å²) in [6.07, 6.45) is 0. The van der Waals surface area contributed by atoms with E-state index < -0.39 is 0 Å². The van der Waals surface area contributed by atoms with Gasteiger partial charge in [0.05, 0.1) is 0 Å². The number of anilines is 2. The zero-order chi connectivity index (χ0) is 17.7. The summed E-state index contributed by atoms with van der Waals surface area (Å²) in [7, 11) is 0. The Balaban J connectivity index is 1.37. The summed E-state index contributed by atoms with van der Waals surface area (Å²) in [6, 6.07) is 21.1. The van der Waals surface area contributed by atoms with Crippen LogP contribution in [0, 0.1) is 0 Å². The van der Waals surface area contributed by atoms with Gasteiger partial charge in [0.2, 0.25) is 0 Å². The van der Waals surface area contributed by atoms with Crippen LogP contribution in [0.5, 0.6) is 0 Å². The molecule has 0 radical (unpaired) electrons. The van der Waals surface area contributed by atoms with E-state index in [1.165, 1.54) is 33.6 Å². The molecule has 0 unspecified atom stereocenters. The highest BCUT2D eigenvalue weighted by molar-refractivity contribution is 6.30. The Morgan fingerprint density at radius 3 is 1.12 bits per heavy atom. The fraction of sp³-hybridized carbons (Fsp3) is 0.182. The fourth-order valence-corrected chi connectivity index (χ4v) is 4.24. The van der Waals surface area contributed by atoms with Gasteiger partial charge in [-0.25, -0.2) is 0 Å². The van der Waals surface area contributed by atoms with Crippen molar-refractivity contribution < 1.29 is 0 Å². The number of benzene rings is 3. The first kappa shape index (κ1) is 16.0. The molecule has 2 nitrogen and oxygen atoms in total. The van der Waals surface area contributed by atoms with Crippen LogP contribution in [0.15, 0.2) is 60.7 Å². The van der Waals surface area contributed by atoms with Crippen molar-refractivity contribution in [2.75, 3.05) is 9.80 Å². The molecule has 0 aliphatic carbocycles. The number of rotatable bonds is 2. The second-order valence-electron chi connectivity index (χ2n) is 7.05. The molecule has 5 rings (SSSR count). The number of hydrogen-bond donors (Lipinski definition) is 0. The molecule has 0 fully saturated rings. The summed E-state index contributed by atoms with van der Waals surface area (Å²) in [5, 5.41) is 1.57. The third-order valence-corrected chi connectivity index (χ3v) is 5.85. The summed E-state index contributed by atoms with van der Waals surface area (Å²) in [5.74, 6) is 0. The molecule has 0 saturated heterocycles. The largest absolute Gasteiger partial charge is 0.363 e. The maximum atomic E-state index is 6.02. The lowest BCUT2D eigenvalue weighted by molar-refractivity contribution is 0.868. The van der Waals surface area contributed by atoms with Gasteiger partial charge in [-0.05, 0) is 70.8 Å². The molecule has 2 heterocycles. The summed E-state index contributed by atoms with van der Waals surface area (Å²) in [4.78, 5) is 4.82. The SMILES string of the molecule is Clc1ccc(N2Cc3cc4c(cc3C2)CN(c2ccc(Cl)cc2)C4)cc1. The molecule has 3 aromatic carbocycles. The number of nitrogens with zero attached hydrogens (tertiary/aromatic N) is 2. The minimum atomic E-state index is 0.784. The molecule has 0 atom stereocenters. The first-order valence-corrected chi connectivity index (χ1v) is 9.56. The van der Waals surface area contributed by atoms with Crippen LogP contribution in [-0.4, -0.2) is 0 Å². The quantitative estimate of drug-likeness (QED) is 0.535. The van der Waals surface area contributed by atoms with E-state index in [4.69, 9.17) is 23.2 Å². The molecule has 4 heteroatoms. The van der Waals surface area contributed by atoms with Crippen LogP contribution in [0.2, 0.25) is 10.0 Å². The lowest BCUT2D eigenvalue weighted by Gasteiger charge is -2.18. The van der Waals surface area contributed by atoms with Crippen LogP contribution in [0.4, 0.5) is 11.4 Å². The van der Waals surface area contributed by atoms with Gasteiger partial charge in [-0.2, -0.15) is 0 Å². The molecule has 0 amide bonds. The van der Waals surface area contributed by atoms with Crippen molar-refractivity contribution in [3.8, 4) is 0 Å². The van der Waals surface area contributed by atoms with E-state index in [2.05, 4.69) is 46.2 Å². The molecule has 3 aromatic rings. The van der Waals surface area contributed by atoms with Crippen LogP contribution in [-0.2, 0) is 26.2 Å². The Hall–Kier alpha value is -2.16. The molecule has 26 heavy (non-hydrogen) atoms. The van der Waals surface area contributed by atoms with Gasteiger partial charge in [0, 0.05) is 47.6 Å². The van der Waals surface area contributed by atoms with Crippen molar-refractivity contribution in [1.29, 1.82) is 0 Å². The molecule has 0 bridgehead atoms. The second-order valence-corrected chi connectivity index (χ2v) is 7.93. The minimum absolute atomic E-state index is 0.784. The molecule has 2 aliphatic rings. The Morgan fingerprint density at radius 2 is 0.808 bits per heavy atom. The molecule has 0 spiro atoms. The normalized spacial score (nSPS) is 15.3.